The molecule has 1 rings (SSSR count). The van der Waals surface area contributed by atoms with Gasteiger partial charge in [0.1, 0.15) is 5.82 Å². The number of nitrogens with zero attached hydrogens (tertiary/aromatic N) is 1. The average molecular weight is 209 g/mol. The largest absolute Gasteiger partial charge is 0.344 e. The third-order valence-electron chi connectivity index (χ3n) is 2.80. The minimum absolute atomic E-state index is 0.0833. The lowest BCUT2D eigenvalue weighted by Gasteiger charge is -2.20. The highest BCUT2D eigenvalue weighted by Crippen LogP contribution is 2.19. The fraction of sp³-hybridized carbons (Fsp3) is 0.750. The maximum Gasteiger partial charge on any atom is 0.126 e. The molecule has 0 amide bonds. The number of H-pyrrole nitrogens is 1. The Balaban J connectivity index is 2.95. The summed E-state index contributed by atoms with van der Waals surface area (Å²) < 4.78 is 0. The molecule has 0 unspecified atom stereocenters. The lowest BCUT2D eigenvalue weighted by molar-refractivity contribution is 0.419. The Morgan fingerprint density at radius 3 is 2.47 bits per heavy atom. The number of aryl methyl sites for hydroxylation is 1. The van der Waals surface area contributed by atoms with E-state index in [4.69, 9.17) is 0 Å². The Morgan fingerprint density at radius 1 is 1.40 bits per heavy atom. The lowest BCUT2D eigenvalue weighted by atomic mass is 10.1. The van der Waals surface area contributed by atoms with Crippen LogP contribution in [-0.4, -0.2) is 17.0 Å². The highest BCUT2D eigenvalue weighted by molar-refractivity contribution is 5.17. The summed E-state index contributed by atoms with van der Waals surface area (Å²) in [6.07, 6.45) is 1.04. The second kappa shape index (κ2) is 4.35. The van der Waals surface area contributed by atoms with Gasteiger partial charge in [-0.05, 0) is 40.2 Å². The molecule has 0 aliphatic heterocycles. The second-order valence-corrected chi connectivity index (χ2v) is 5.13. The van der Waals surface area contributed by atoms with Gasteiger partial charge in [-0.1, -0.05) is 13.8 Å². The Labute approximate surface area is 92.7 Å². The zero-order valence-electron chi connectivity index (χ0n) is 10.7. The minimum Gasteiger partial charge on any atom is -0.344 e. The molecule has 0 aliphatic carbocycles. The molecule has 0 aliphatic rings. The van der Waals surface area contributed by atoms with E-state index in [1.807, 2.05) is 7.05 Å². The topological polar surface area (TPSA) is 40.7 Å². The highest BCUT2D eigenvalue weighted by atomic mass is 15.0. The Hall–Kier alpha value is -0.830. The van der Waals surface area contributed by atoms with Crippen molar-refractivity contribution in [1.82, 2.24) is 15.3 Å². The van der Waals surface area contributed by atoms with Crippen LogP contribution in [0.5, 0.6) is 0 Å². The summed E-state index contributed by atoms with van der Waals surface area (Å²) in [5.41, 5.74) is 2.31. The van der Waals surface area contributed by atoms with Crippen LogP contribution in [0.2, 0.25) is 0 Å². The van der Waals surface area contributed by atoms with Crippen LogP contribution < -0.4 is 5.32 Å². The molecule has 2 N–H and O–H groups in total. The van der Waals surface area contributed by atoms with Gasteiger partial charge in [0.25, 0.3) is 0 Å². The van der Waals surface area contributed by atoms with Gasteiger partial charge in [-0.2, -0.15) is 0 Å². The number of aromatic nitrogens is 2. The Morgan fingerprint density at radius 2 is 2.00 bits per heavy atom. The van der Waals surface area contributed by atoms with Crippen LogP contribution in [0.3, 0.4) is 0 Å². The summed E-state index contributed by atoms with van der Waals surface area (Å²) in [6.45, 7) is 10.8. The fourth-order valence-corrected chi connectivity index (χ4v) is 1.50. The molecule has 0 radical (unpaired) electrons. The van der Waals surface area contributed by atoms with E-state index in [9.17, 15) is 0 Å². The quantitative estimate of drug-likeness (QED) is 0.799. The zero-order valence-corrected chi connectivity index (χ0v) is 10.7. The van der Waals surface area contributed by atoms with Crippen LogP contribution in [0, 0.1) is 12.8 Å². The van der Waals surface area contributed by atoms with Gasteiger partial charge in [-0.3, -0.25) is 0 Å². The summed E-state index contributed by atoms with van der Waals surface area (Å²) in [5.74, 6) is 1.68. The fourth-order valence-electron chi connectivity index (χ4n) is 1.50. The van der Waals surface area contributed by atoms with Gasteiger partial charge in [0.15, 0.2) is 0 Å². The number of hydrogen-bond acceptors (Lipinski definition) is 2. The van der Waals surface area contributed by atoms with Crippen LogP contribution >= 0.6 is 0 Å². The van der Waals surface area contributed by atoms with Crippen molar-refractivity contribution >= 4 is 0 Å². The van der Waals surface area contributed by atoms with E-state index in [1.54, 1.807) is 0 Å². The predicted molar refractivity (Wildman–Crippen MR) is 64.0 cm³/mol. The van der Waals surface area contributed by atoms with Gasteiger partial charge in [0, 0.05) is 5.69 Å². The van der Waals surface area contributed by atoms with E-state index < -0.39 is 0 Å². The van der Waals surface area contributed by atoms with Gasteiger partial charge in [-0.25, -0.2) is 4.98 Å². The molecule has 15 heavy (non-hydrogen) atoms. The summed E-state index contributed by atoms with van der Waals surface area (Å²) in [7, 11) is 1.96. The van der Waals surface area contributed by atoms with Crippen molar-refractivity contribution < 1.29 is 0 Å². The van der Waals surface area contributed by atoms with Crippen LogP contribution in [0.25, 0.3) is 0 Å². The summed E-state index contributed by atoms with van der Waals surface area (Å²) in [4.78, 5) is 8.04. The molecule has 0 saturated carbocycles. The molecule has 3 heteroatoms. The van der Waals surface area contributed by atoms with E-state index in [-0.39, 0.29) is 5.54 Å². The first-order valence-corrected chi connectivity index (χ1v) is 5.61. The molecular weight excluding hydrogens is 186 g/mol. The van der Waals surface area contributed by atoms with Crippen LogP contribution in [0.4, 0.5) is 0 Å². The number of aromatic amines is 1. The van der Waals surface area contributed by atoms with E-state index in [0.29, 0.717) is 5.92 Å². The molecule has 0 fully saturated rings. The summed E-state index contributed by atoms with van der Waals surface area (Å²) >= 11 is 0. The number of rotatable bonds is 4. The molecule has 1 heterocycles. The van der Waals surface area contributed by atoms with Gasteiger partial charge in [0.2, 0.25) is 0 Å². The standard InChI is InChI=1S/C12H23N3/c1-8(2)7-10-9(3)14-11(15-10)12(4,5)13-6/h8,13H,7H2,1-6H3,(H,14,15). The van der Waals surface area contributed by atoms with Gasteiger partial charge < -0.3 is 10.3 Å². The highest BCUT2D eigenvalue weighted by Gasteiger charge is 2.22. The van der Waals surface area contributed by atoms with Crippen molar-refractivity contribution in [2.45, 2.75) is 46.6 Å². The van der Waals surface area contributed by atoms with E-state index in [0.717, 1.165) is 12.2 Å². The van der Waals surface area contributed by atoms with Crippen molar-refractivity contribution in [3.05, 3.63) is 17.2 Å². The SMILES string of the molecule is CNC(C)(C)c1nc(CC(C)C)c(C)[nH]1. The van der Waals surface area contributed by atoms with E-state index in [2.05, 4.69) is 49.9 Å². The minimum atomic E-state index is -0.0833. The average Bonchev–Trinajstić information content (AvgIpc) is 2.48. The first-order valence-electron chi connectivity index (χ1n) is 5.61. The van der Waals surface area contributed by atoms with Gasteiger partial charge in [-0.15, -0.1) is 0 Å². The van der Waals surface area contributed by atoms with Crippen molar-refractivity contribution in [3.63, 3.8) is 0 Å². The molecule has 1 aromatic heterocycles. The molecule has 3 nitrogen and oxygen atoms in total. The molecule has 86 valence electrons. The number of nitrogens with one attached hydrogen (secondary N) is 2. The smallest absolute Gasteiger partial charge is 0.126 e. The first kappa shape index (κ1) is 12.2. The van der Waals surface area contributed by atoms with Crippen molar-refractivity contribution in [2.24, 2.45) is 5.92 Å². The van der Waals surface area contributed by atoms with E-state index >= 15 is 0 Å². The van der Waals surface area contributed by atoms with Crippen LogP contribution in [-0.2, 0) is 12.0 Å². The molecule has 0 aromatic carbocycles. The number of hydrogen-bond donors (Lipinski definition) is 2. The normalized spacial score (nSPS) is 12.5. The first-order chi connectivity index (χ1) is 6.86. The zero-order chi connectivity index (χ0) is 11.6. The monoisotopic (exact) mass is 209 g/mol. The third-order valence-corrected chi connectivity index (χ3v) is 2.80. The second-order valence-electron chi connectivity index (χ2n) is 5.13. The Bertz CT molecular complexity index is 324. The maximum absolute atomic E-state index is 4.67. The van der Waals surface area contributed by atoms with Crippen LogP contribution in [0.15, 0.2) is 0 Å². The Kier molecular flexibility index (Phi) is 3.55. The molecule has 0 saturated heterocycles. The molecular formula is C12H23N3. The van der Waals surface area contributed by atoms with Crippen LogP contribution in [0.1, 0.15) is 44.9 Å². The van der Waals surface area contributed by atoms with Gasteiger partial charge in [0.05, 0.1) is 11.2 Å². The van der Waals surface area contributed by atoms with Crippen molar-refractivity contribution in [1.29, 1.82) is 0 Å². The number of imidazole rings is 1. The predicted octanol–water partition coefficient (Wildman–Crippen LogP) is 2.37. The van der Waals surface area contributed by atoms with Crippen molar-refractivity contribution in [3.8, 4) is 0 Å². The summed E-state index contributed by atoms with van der Waals surface area (Å²) in [5, 5.41) is 3.26. The molecule has 0 bridgehead atoms. The molecule has 0 atom stereocenters. The van der Waals surface area contributed by atoms with Gasteiger partial charge >= 0.3 is 0 Å². The summed E-state index contributed by atoms with van der Waals surface area (Å²) in [6, 6.07) is 0. The molecule has 0 spiro atoms. The maximum atomic E-state index is 4.67. The lowest BCUT2D eigenvalue weighted by Crippen LogP contribution is -2.34. The molecule has 1 aromatic rings. The van der Waals surface area contributed by atoms with Crippen molar-refractivity contribution in [2.75, 3.05) is 7.05 Å². The third kappa shape index (κ3) is 2.81. The van der Waals surface area contributed by atoms with E-state index in [1.165, 1.54) is 11.4 Å².